The van der Waals surface area contributed by atoms with Crippen LogP contribution < -0.4 is 19.3 Å². The molecule has 1 fully saturated rings. The van der Waals surface area contributed by atoms with E-state index in [-0.39, 0.29) is 0 Å². The molecule has 0 atom stereocenters. The third kappa shape index (κ3) is 3.84. The van der Waals surface area contributed by atoms with Crippen molar-refractivity contribution in [2.24, 2.45) is 0 Å². The molecule has 2 aromatic heterocycles. The van der Waals surface area contributed by atoms with Gasteiger partial charge in [0.1, 0.15) is 41.1 Å². The van der Waals surface area contributed by atoms with E-state index in [4.69, 9.17) is 19.4 Å². The molecule has 0 spiro atoms. The van der Waals surface area contributed by atoms with Crippen molar-refractivity contribution in [1.82, 2.24) is 9.97 Å². The Hall–Kier alpha value is -2.38. The first-order valence-electron chi connectivity index (χ1n) is 10.9. The fourth-order valence-electron chi connectivity index (χ4n) is 4.58. The van der Waals surface area contributed by atoms with Crippen LogP contribution in [-0.2, 0) is 12.8 Å². The highest BCUT2D eigenvalue weighted by Gasteiger charge is 2.27. The second kappa shape index (κ2) is 8.40. The van der Waals surface area contributed by atoms with Gasteiger partial charge in [0.05, 0.1) is 38.7 Å². The zero-order valence-corrected chi connectivity index (χ0v) is 18.6. The summed E-state index contributed by atoms with van der Waals surface area (Å²) in [5.41, 5.74) is 1.52. The maximum atomic E-state index is 5.92. The van der Waals surface area contributed by atoms with Gasteiger partial charge in [0.15, 0.2) is 0 Å². The Bertz CT molecular complexity index is 1030. The summed E-state index contributed by atoms with van der Waals surface area (Å²) in [6, 6.07) is 7.81. The molecule has 158 valence electrons. The van der Waals surface area contributed by atoms with Crippen LogP contribution in [0.25, 0.3) is 10.2 Å². The van der Waals surface area contributed by atoms with Gasteiger partial charge in [0.2, 0.25) is 0 Å². The fraction of sp³-hybridized carbons (Fsp3) is 0.478. The van der Waals surface area contributed by atoms with Crippen molar-refractivity contribution in [2.75, 3.05) is 51.3 Å². The second-order valence-corrected chi connectivity index (χ2v) is 9.23. The Morgan fingerprint density at radius 1 is 1.07 bits per heavy atom. The van der Waals surface area contributed by atoms with Gasteiger partial charge in [0, 0.05) is 4.88 Å². The molecule has 0 amide bonds. The van der Waals surface area contributed by atoms with Crippen LogP contribution in [0.5, 0.6) is 11.5 Å². The van der Waals surface area contributed by atoms with E-state index in [0.717, 1.165) is 56.7 Å². The van der Waals surface area contributed by atoms with E-state index in [0.29, 0.717) is 0 Å². The molecule has 0 unspecified atom stereocenters. The molecule has 1 aliphatic carbocycles. The van der Waals surface area contributed by atoms with Gasteiger partial charge in [0.25, 0.3) is 0 Å². The zero-order chi connectivity index (χ0) is 20.5. The fourth-order valence-corrected chi connectivity index (χ4v) is 5.88. The number of methoxy groups -OCH3 is 1. The van der Waals surface area contributed by atoms with Crippen molar-refractivity contribution in [3.63, 3.8) is 0 Å². The summed E-state index contributed by atoms with van der Waals surface area (Å²) in [7, 11) is 1.68. The lowest BCUT2D eigenvalue weighted by Crippen LogP contribution is -3.15. The molecule has 3 heterocycles. The highest BCUT2D eigenvalue weighted by Crippen LogP contribution is 2.40. The molecule has 7 heteroatoms. The maximum Gasteiger partial charge on any atom is 0.141 e. The molecular weight excluding hydrogens is 396 g/mol. The minimum absolute atomic E-state index is 0.733. The van der Waals surface area contributed by atoms with Crippen LogP contribution in [0, 0.1) is 6.92 Å². The molecule has 1 N–H and O–H groups in total. The van der Waals surface area contributed by atoms with Gasteiger partial charge in [-0.05, 0) is 56.0 Å². The van der Waals surface area contributed by atoms with Gasteiger partial charge in [-0.25, -0.2) is 9.97 Å². The van der Waals surface area contributed by atoms with Crippen molar-refractivity contribution in [1.29, 1.82) is 0 Å². The number of anilines is 1. The SMILES string of the molecule is COc1ccc(OCC[NH+]2CCN(c3nc(C)nc4sc5c(c34)CCC5)CC2)cc1. The van der Waals surface area contributed by atoms with Crippen LogP contribution in [0.4, 0.5) is 5.82 Å². The predicted molar refractivity (Wildman–Crippen MR) is 120 cm³/mol. The lowest BCUT2D eigenvalue weighted by Gasteiger charge is -2.33. The highest BCUT2D eigenvalue weighted by atomic mass is 32.1. The number of hydrogen-bond donors (Lipinski definition) is 1. The third-order valence-corrected chi connectivity index (χ3v) is 7.40. The zero-order valence-electron chi connectivity index (χ0n) is 17.7. The number of piperazine rings is 1. The quantitative estimate of drug-likeness (QED) is 0.657. The number of thiophene rings is 1. The molecule has 1 saturated heterocycles. The summed E-state index contributed by atoms with van der Waals surface area (Å²) in [5, 5.41) is 1.34. The van der Waals surface area contributed by atoms with Crippen molar-refractivity contribution >= 4 is 27.4 Å². The monoisotopic (exact) mass is 425 g/mol. The van der Waals surface area contributed by atoms with Gasteiger partial charge in [-0.3, -0.25) is 0 Å². The molecule has 1 aliphatic heterocycles. The first-order chi connectivity index (χ1) is 14.7. The molecule has 0 radical (unpaired) electrons. The second-order valence-electron chi connectivity index (χ2n) is 8.14. The summed E-state index contributed by atoms with van der Waals surface area (Å²) < 4.78 is 11.1. The van der Waals surface area contributed by atoms with Gasteiger partial charge in [-0.1, -0.05) is 0 Å². The highest BCUT2D eigenvalue weighted by molar-refractivity contribution is 7.19. The molecule has 6 nitrogen and oxygen atoms in total. The number of nitrogens with zero attached hydrogens (tertiary/aromatic N) is 3. The Morgan fingerprint density at radius 3 is 2.60 bits per heavy atom. The minimum atomic E-state index is 0.733. The van der Waals surface area contributed by atoms with Crippen LogP contribution in [0.15, 0.2) is 24.3 Å². The van der Waals surface area contributed by atoms with E-state index in [2.05, 4.69) is 4.90 Å². The smallest absolute Gasteiger partial charge is 0.141 e. The largest absolute Gasteiger partial charge is 0.497 e. The van der Waals surface area contributed by atoms with Gasteiger partial charge < -0.3 is 19.3 Å². The number of quaternary nitrogens is 1. The number of hydrogen-bond acceptors (Lipinski definition) is 6. The molecule has 0 saturated carbocycles. The standard InChI is InChI=1S/C23H28N4O2S/c1-16-24-22(21-19-4-3-5-20(19)30-23(21)25-16)27-12-10-26(11-13-27)14-15-29-18-8-6-17(28-2)7-9-18/h6-9H,3-5,10-15H2,1-2H3/p+1. The Morgan fingerprint density at radius 2 is 1.83 bits per heavy atom. The van der Waals surface area contributed by atoms with Gasteiger partial charge >= 0.3 is 0 Å². The molecule has 30 heavy (non-hydrogen) atoms. The number of aromatic nitrogens is 2. The summed E-state index contributed by atoms with van der Waals surface area (Å²) >= 11 is 1.88. The topological polar surface area (TPSA) is 51.9 Å². The number of rotatable bonds is 6. The molecule has 3 aromatic rings. The number of nitrogens with one attached hydrogen (secondary N) is 1. The van der Waals surface area contributed by atoms with E-state index >= 15 is 0 Å². The van der Waals surface area contributed by atoms with Crippen LogP contribution in [0.3, 0.4) is 0 Å². The number of ether oxygens (including phenoxy) is 2. The van der Waals surface area contributed by atoms with Crippen molar-refractivity contribution in [2.45, 2.75) is 26.2 Å². The van der Waals surface area contributed by atoms with Crippen LogP contribution in [-0.4, -0.2) is 56.4 Å². The van der Waals surface area contributed by atoms with Gasteiger partial charge in [-0.15, -0.1) is 11.3 Å². The molecule has 2 aliphatic rings. The van der Waals surface area contributed by atoms with Crippen molar-refractivity contribution < 1.29 is 14.4 Å². The number of aryl methyl sites for hydroxylation is 3. The summed E-state index contributed by atoms with van der Waals surface area (Å²) in [5.74, 6) is 3.82. The molecule has 0 bridgehead atoms. The molecule has 5 rings (SSSR count). The Kier molecular flexibility index (Phi) is 5.48. The van der Waals surface area contributed by atoms with E-state index < -0.39 is 0 Å². The van der Waals surface area contributed by atoms with E-state index in [1.807, 2.05) is 42.5 Å². The van der Waals surface area contributed by atoms with Crippen molar-refractivity contribution in [3.8, 4) is 11.5 Å². The van der Waals surface area contributed by atoms with E-state index in [9.17, 15) is 0 Å². The van der Waals surface area contributed by atoms with Gasteiger partial charge in [-0.2, -0.15) is 0 Å². The maximum absolute atomic E-state index is 5.92. The average Bonchev–Trinajstić information content (AvgIpc) is 3.35. The van der Waals surface area contributed by atoms with Crippen LogP contribution >= 0.6 is 11.3 Å². The first-order valence-corrected chi connectivity index (χ1v) is 11.7. The lowest BCUT2D eigenvalue weighted by atomic mass is 10.1. The number of fused-ring (bicyclic) bond motifs is 3. The third-order valence-electron chi connectivity index (χ3n) is 6.21. The molecular formula is C23H29N4O2S+. The first kappa shape index (κ1) is 19.6. The predicted octanol–water partition coefficient (Wildman–Crippen LogP) is 2.28. The van der Waals surface area contributed by atoms with E-state index in [1.165, 1.54) is 45.7 Å². The Balaban J connectivity index is 1.20. The minimum Gasteiger partial charge on any atom is -0.497 e. The average molecular weight is 426 g/mol. The summed E-state index contributed by atoms with van der Waals surface area (Å²) in [6.45, 7) is 8.07. The summed E-state index contributed by atoms with van der Waals surface area (Å²) in [6.07, 6.45) is 3.67. The van der Waals surface area contributed by atoms with Crippen molar-refractivity contribution in [3.05, 3.63) is 40.5 Å². The van der Waals surface area contributed by atoms with E-state index in [1.54, 1.807) is 12.0 Å². The lowest BCUT2D eigenvalue weighted by molar-refractivity contribution is -0.900. The van der Waals surface area contributed by atoms with Crippen LogP contribution in [0.1, 0.15) is 22.7 Å². The molecule has 1 aromatic carbocycles. The number of benzene rings is 1. The Labute approximate surface area is 181 Å². The summed E-state index contributed by atoms with van der Waals surface area (Å²) in [4.78, 5) is 16.4. The normalized spacial score (nSPS) is 16.8. The van der Waals surface area contributed by atoms with Crippen LogP contribution in [0.2, 0.25) is 0 Å².